The average Bonchev–Trinajstić information content (AvgIpc) is 3.23. The standard InChI is InChI=1S/C20H18F3N7O4/c21-20(22,23)13-4-2-1-3-12(13)18(32)30-9-7-29(8-10-30)15-5-6-17(28-26-15)34-19(33)24-14-11-16(31)27-25-14/h1-6H,7-11H2,(H,27,31)(H,24,25,33). The van der Waals surface area contributed by atoms with Gasteiger partial charge in [-0.15, -0.1) is 10.2 Å². The van der Waals surface area contributed by atoms with E-state index in [0.29, 0.717) is 18.9 Å². The van der Waals surface area contributed by atoms with E-state index in [1.165, 1.54) is 29.2 Å². The molecule has 0 aliphatic carbocycles. The Hall–Kier alpha value is -4.23. The van der Waals surface area contributed by atoms with Crippen molar-refractivity contribution in [3.8, 4) is 5.88 Å². The number of halogens is 3. The molecule has 0 spiro atoms. The summed E-state index contributed by atoms with van der Waals surface area (Å²) in [5.41, 5.74) is 0.837. The lowest BCUT2D eigenvalue weighted by molar-refractivity contribution is -0.138. The summed E-state index contributed by atoms with van der Waals surface area (Å²) in [6, 6.07) is 7.68. The summed E-state index contributed by atoms with van der Waals surface area (Å²) in [4.78, 5) is 38.7. The lowest BCUT2D eigenvalue weighted by Crippen LogP contribution is -2.49. The number of aromatic nitrogens is 2. The van der Waals surface area contributed by atoms with E-state index in [2.05, 4.69) is 26.0 Å². The molecular formula is C20H18F3N7O4. The number of hydrogen-bond acceptors (Lipinski definition) is 8. The van der Waals surface area contributed by atoms with Crippen molar-refractivity contribution < 1.29 is 32.3 Å². The molecule has 2 aromatic rings. The molecule has 2 N–H and O–H groups in total. The fraction of sp³-hybridized carbons (Fsp3) is 0.300. The third kappa shape index (κ3) is 5.22. The summed E-state index contributed by atoms with van der Waals surface area (Å²) in [5.74, 6) is -0.560. The molecule has 3 amide bonds. The van der Waals surface area contributed by atoms with Crippen LogP contribution in [0.4, 0.5) is 23.8 Å². The summed E-state index contributed by atoms with van der Waals surface area (Å²) < 4.78 is 44.7. The van der Waals surface area contributed by atoms with Crippen LogP contribution in [0.3, 0.4) is 0 Å². The van der Waals surface area contributed by atoms with E-state index in [4.69, 9.17) is 4.74 Å². The van der Waals surface area contributed by atoms with Crippen molar-refractivity contribution >= 4 is 29.6 Å². The molecular weight excluding hydrogens is 459 g/mol. The number of amides is 3. The normalized spacial score (nSPS) is 16.1. The number of carbonyl (C=O) groups excluding carboxylic acids is 3. The Labute approximate surface area is 190 Å². The molecule has 0 atom stereocenters. The SMILES string of the molecule is O=C1CC(NC(=O)Oc2ccc(N3CCN(C(=O)c4ccccc4C(F)(F)F)CC3)nn2)=NN1. The number of amidine groups is 1. The maximum absolute atomic E-state index is 13.2. The summed E-state index contributed by atoms with van der Waals surface area (Å²) in [5, 5.41) is 13.7. The largest absolute Gasteiger partial charge is 0.419 e. The number of hydrogen-bond donors (Lipinski definition) is 2. The van der Waals surface area contributed by atoms with Crippen molar-refractivity contribution in [2.45, 2.75) is 12.6 Å². The molecule has 0 saturated carbocycles. The first-order chi connectivity index (χ1) is 16.2. The molecule has 0 bridgehead atoms. The minimum atomic E-state index is -4.62. The zero-order valence-corrected chi connectivity index (χ0v) is 17.5. The first kappa shape index (κ1) is 22.9. The van der Waals surface area contributed by atoms with Gasteiger partial charge in [0.15, 0.2) is 5.82 Å². The van der Waals surface area contributed by atoms with Crippen LogP contribution in [0.2, 0.25) is 0 Å². The highest BCUT2D eigenvalue weighted by molar-refractivity contribution is 6.08. The predicted octanol–water partition coefficient (Wildman–Crippen LogP) is 1.38. The number of rotatable bonds is 3. The van der Waals surface area contributed by atoms with E-state index in [9.17, 15) is 27.6 Å². The highest BCUT2D eigenvalue weighted by Gasteiger charge is 2.36. The van der Waals surface area contributed by atoms with E-state index in [1.54, 1.807) is 11.0 Å². The first-order valence-electron chi connectivity index (χ1n) is 10.1. The molecule has 2 aliphatic rings. The van der Waals surface area contributed by atoms with Crippen molar-refractivity contribution in [1.82, 2.24) is 25.8 Å². The van der Waals surface area contributed by atoms with Gasteiger partial charge in [-0.1, -0.05) is 12.1 Å². The number of carbonyl (C=O) groups is 3. The molecule has 0 radical (unpaired) electrons. The van der Waals surface area contributed by atoms with E-state index in [-0.39, 0.29) is 42.7 Å². The zero-order chi connectivity index (χ0) is 24.3. The zero-order valence-electron chi connectivity index (χ0n) is 17.5. The van der Waals surface area contributed by atoms with Crippen LogP contribution in [0.1, 0.15) is 22.3 Å². The minimum Gasteiger partial charge on any atom is -0.389 e. The van der Waals surface area contributed by atoms with E-state index < -0.39 is 23.7 Å². The molecule has 34 heavy (non-hydrogen) atoms. The molecule has 178 valence electrons. The van der Waals surface area contributed by atoms with Crippen molar-refractivity contribution in [3.63, 3.8) is 0 Å². The highest BCUT2D eigenvalue weighted by atomic mass is 19.4. The Morgan fingerprint density at radius 2 is 1.76 bits per heavy atom. The van der Waals surface area contributed by atoms with Gasteiger partial charge in [0, 0.05) is 32.2 Å². The van der Waals surface area contributed by atoms with Gasteiger partial charge < -0.3 is 14.5 Å². The van der Waals surface area contributed by atoms with Crippen molar-refractivity contribution in [2.75, 3.05) is 31.1 Å². The van der Waals surface area contributed by atoms with Crippen molar-refractivity contribution in [1.29, 1.82) is 0 Å². The lowest BCUT2D eigenvalue weighted by Gasteiger charge is -2.35. The number of nitrogens with zero attached hydrogens (tertiary/aromatic N) is 5. The van der Waals surface area contributed by atoms with Gasteiger partial charge >= 0.3 is 12.3 Å². The van der Waals surface area contributed by atoms with Crippen LogP contribution in [0.5, 0.6) is 5.88 Å². The maximum atomic E-state index is 13.2. The number of anilines is 1. The number of benzene rings is 1. The second-order valence-electron chi connectivity index (χ2n) is 7.34. The molecule has 1 aromatic heterocycles. The number of hydrazone groups is 1. The Kier molecular flexibility index (Phi) is 6.30. The number of piperazine rings is 1. The monoisotopic (exact) mass is 477 g/mol. The molecule has 11 nitrogen and oxygen atoms in total. The van der Waals surface area contributed by atoms with Crippen LogP contribution in [-0.2, 0) is 11.0 Å². The first-order valence-corrected chi connectivity index (χ1v) is 10.1. The second kappa shape index (κ2) is 9.33. The van der Waals surface area contributed by atoms with Gasteiger partial charge in [0.25, 0.3) is 5.91 Å². The fourth-order valence-corrected chi connectivity index (χ4v) is 3.43. The fourth-order valence-electron chi connectivity index (χ4n) is 3.43. The van der Waals surface area contributed by atoms with Gasteiger partial charge in [-0.25, -0.2) is 10.2 Å². The minimum absolute atomic E-state index is 0.0734. The van der Waals surface area contributed by atoms with Crippen molar-refractivity contribution in [3.05, 3.63) is 47.5 Å². The predicted molar refractivity (Wildman–Crippen MR) is 111 cm³/mol. The molecule has 14 heteroatoms. The summed E-state index contributed by atoms with van der Waals surface area (Å²) in [7, 11) is 0. The van der Waals surface area contributed by atoms with Crippen LogP contribution >= 0.6 is 0 Å². The van der Waals surface area contributed by atoms with Gasteiger partial charge in [-0.2, -0.15) is 18.3 Å². The topological polar surface area (TPSA) is 129 Å². The molecule has 1 aromatic carbocycles. The molecule has 4 rings (SSSR count). The van der Waals surface area contributed by atoms with E-state index in [0.717, 1.165) is 6.07 Å². The number of nitrogens with one attached hydrogen (secondary N) is 2. The van der Waals surface area contributed by atoms with Crippen LogP contribution in [-0.4, -0.2) is 65.0 Å². The van der Waals surface area contributed by atoms with E-state index >= 15 is 0 Å². The van der Waals surface area contributed by atoms with Crippen LogP contribution < -0.4 is 20.4 Å². The third-order valence-corrected chi connectivity index (χ3v) is 5.07. The smallest absolute Gasteiger partial charge is 0.389 e. The summed E-state index contributed by atoms with van der Waals surface area (Å²) >= 11 is 0. The third-order valence-electron chi connectivity index (χ3n) is 5.07. The summed E-state index contributed by atoms with van der Waals surface area (Å²) in [6.07, 6.45) is -5.58. The highest BCUT2D eigenvalue weighted by Crippen LogP contribution is 2.32. The Morgan fingerprint density at radius 3 is 2.38 bits per heavy atom. The molecule has 3 heterocycles. The van der Waals surface area contributed by atoms with Gasteiger partial charge in [0.05, 0.1) is 17.5 Å². The van der Waals surface area contributed by atoms with Crippen LogP contribution in [0.25, 0.3) is 0 Å². The Balaban J connectivity index is 1.32. The quantitative estimate of drug-likeness (QED) is 0.683. The molecule has 0 unspecified atom stereocenters. The van der Waals surface area contributed by atoms with Gasteiger partial charge in [0.2, 0.25) is 11.8 Å². The Morgan fingerprint density at radius 1 is 1.03 bits per heavy atom. The van der Waals surface area contributed by atoms with E-state index in [1.807, 2.05) is 0 Å². The average molecular weight is 477 g/mol. The van der Waals surface area contributed by atoms with Crippen molar-refractivity contribution in [2.24, 2.45) is 5.10 Å². The molecule has 2 aliphatic heterocycles. The number of alkyl halides is 3. The van der Waals surface area contributed by atoms with Gasteiger partial charge in [-0.05, 0) is 18.2 Å². The van der Waals surface area contributed by atoms with Crippen LogP contribution in [0, 0.1) is 0 Å². The lowest BCUT2D eigenvalue weighted by atomic mass is 10.1. The van der Waals surface area contributed by atoms with Gasteiger partial charge in [0.1, 0.15) is 5.84 Å². The number of ether oxygens (including phenoxy) is 1. The molecule has 1 saturated heterocycles. The second-order valence-corrected chi connectivity index (χ2v) is 7.34. The Bertz CT molecular complexity index is 1130. The maximum Gasteiger partial charge on any atom is 0.419 e. The van der Waals surface area contributed by atoms with Crippen LogP contribution in [0.15, 0.2) is 41.5 Å². The molecule has 1 fully saturated rings. The van der Waals surface area contributed by atoms with Gasteiger partial charge in [-0.3, -0.25) is 14.9 Å². The summed E-state index contributed by atoms with van der Waals surface area (Å²) in [6.45, 7) is 1.05.